The number of rotatable bonds is 5. The van der Waals surface area contributed by atoms with Crippen LogP contribution in [0.1, 0.15) is 11.4 Å². The molecule has 9 heteroatoms. The predicted octanol–water partition coefficient (Wildman–Crippen LogP) is 3.97. The van der Waals surface area contributed by atoms with E-state index in [0.29, 0.717) is 17.4 Å². The van der Waals surface area contributed by atoms with Crippen molar-refractivity contribution in [2.24, 2.45) is 0 Å². The van der Waals surface area contributed by atoms with Crippen molar-refractivity contribution < 1.29 is 0 Å². The zero-order chi connectivity index (χ0) is 20.5. The fraction of sp³-hybridized carbons (Fsp3) is 0.0952. The van der Waals surface area contributed by atoms with Gasteiger partial charge in [-0.2, -0.15) is 10.2 Å². The van der Waals surface area contributed by atoms with E-state index in [4.69, 9.17) is 11.6 Å². The molecule has 8 nitrogen and oxygen atoms in total. The number of nitrogens with one attached hydrogen (secondary N) is 1. The fourth-order valence-electron chi connectivity index (χ4n) is 3.24. The first-order valence-electron chi connectivity index (χ1n) is 9.33. The number of benzene rings is 2. The minimum Gasteiger partial charge on any atom is -0.365 e. The van der Waals surface area contributed by atoms with Crippen molar-refractivity contribution >= 4 is 28.5 Å². The molecule has 0 radical (unpaired) electrons. The third kappa shape index (κ3) is 3.48. The number of anilines is 1. The number of fused-ring (bicyclic) bond motifs is 1. The molecule has 3 aromatic heterocycles. The van der Waals surface area contributed by atoms with Gasteiger partial charge >= 0.3 is 0 Å². The Kier molecular flexibility index (Phi) is 4.61. The standard InChI is InChI=1S/C21H17ClN8/c1-14-27-20(24-10-15-5-7-17(8-6-15)29-13-23-12-26-29)19-11-25-30(21(19)28-14)18-4-2-3-16(22)9-18/h2-9,11-13H,10H2,1H3,(H,24,27,28). The highest BCUT2D eigenvalue weighted by atomic mass is 35.5. The van der Waals surface area contributed by atoms with Crippen LogP contribution < -0.4 is 5.32 Å². The van der Waals surface area contributed by atoms with Gasteiger partial charge in [0.05, 0.1) is 23.0 Å². The molecule has 0 aliphatic heterocycles. The molecule has 0 aliphatic carbocycles. The molecule has 0 unspecified atom stereocenters. The molecule has 0 saturated heterocycles. The normalized spacial score (nSPS) is 11.1. The summed E-state index contributed by atoms with van der Waals surface area (Å²) in [5, 5.41) is 13.5. The maximum atomic E-state index is 6.14. The van der Waals surface area contributed by atoms with Gasteiger partial charge in [-0.05, 0) is 42.8 Å². The van der Waals surface area contributed by atoms with Crippen LogP contribution in [0.3, 0.4) is 0 Å². The van der Waals surface area contributed by atoms with Gasteiger partial charge in [-0.25, -0.2) is 24.3 Å². The third-order valence-electron chi connectivity index (χ3n) is 4.67. The minimum atomic E-state index is 0.617. The highest BCUT2D eigenvalue weighted by Crippen LogP contribution is 2.24. The maximum absolute atomic E-state index is 6.14. The van der Waals surface area contributed by atoms with Gasteiger partial charge in [0.1, 0.15) is 24.3 Å². The summed E-state index contributed by atoms with van der Waals surface area (Å²) in [4.78, 5) is 13.1. The van der Waals surface area contributed by atoms with Crippen LogP contribution in [-0.2, 0) is 6.54 Å². The van der Waals surface area contributed by atoms with E-state index in [-0.39, 0.29) is 0 Å². The van der Waals surface area contributed by atoms with Gasteiger partial charge < -0.3 is 5.32 Å². The highest BCUT2D eigenvalue weighted by Gasteiger charge is 2.13. The summed E-state index contributed by atoms with van der Waals surface area (Å²) < 4.78 is 3.49. The molecule has 148 valence electrons. The van der Waals surface area contributed by atoms with Gasteiger partial charge in [0.2, 0.25) is 0 Å². The molecule has 0 amide bonds. The lowest BCUT2D eigenvalue weighted by Gasteiger charge is -2.09. The lowest BCUT2D eigenvalue weighted by molar-refractivity contribution is 0.877. The van der Waals surface area contributed by atoms with Gasteiger partial charge in [0.15, 0.2) is 5.65 Å². The summed E-state index contributed by atoms with van der Waals surface area (Å²) in [6.45, 7) is 2.48. The molecule has 3 heterocycles. The van der Waals surface area contributed by atoms with Crippen molar-refractivity contribution in [2.75, 3.05) is 5.32 Å². The van der Waals surface area contributed by atoms with Crippen LogP contribution in [0.5, 0.6) is 0 Å². The van der Waals surface area contributed by atoms with Crippen molar-refractivity contribution in [3.05, 3.63) is 83.8 Å². The lowest BCUT2D eigenvalue weighted by atomic mass is 10.2. The second-order valence-corrected chi connectivity index (χ2v) is 7.19. The van der Waals surface area contributed by atoms with E-state index in [1.807, 2.05) is 55.5 Å². The Morgan fingerprint density at radius 1 is 1.00 bits per heavy atom. The Morgan fingerprint density at radius 2 is 1.87 bits per heavy atom. The largest absolute Gasteiger partial charge is 0.365 e. The monoisotopic (exact) mass is 416 g/mol. The predicted molar refractivity (Wildman–Crippen MR) is 115 cm³/mol. The smallest absolute Gasteiger partial charge is 0.168 e. The van der Waals surface area contributed by atoms with Gasteiger partial charge in [-0.1, -0.05) is 29.8 Å². The quantitative estimate of drug-likeness (QED) is 0.466. The molecule has 0 aliphatic rings. The molecule has 0 fully saturated rings. The van der Waals surface area contributed by atoms with Crippen LogP contribution >= 0.6 is 11.6 Å². The van der Waals surface area contributed by atoms with E-state index in [9.17, 15) is 0 Å². The van der Waals surface area contributed by atoms with Crippen LogP contribution in [0.4, 0.5) is 5.82 Å². The molecular weight excluding hydrogens is 400 g/mol. The van der Waals surface area contributed by atoms with E-state index in [1.165, 1.54) is 6.33 Å². The van der Waals surface area contributed by atoms with Crippen molar-refractivity contribution in [3.63, 3.8) is 0 Å². The number of nitrogens with zero attached hydrogens (tertiary/aromatic N) is 7. The van der Waals surface area contributed by atoms with E-state index in [0.717, 1.165) is 33.8 Å². The van der Waals surface area contributed by atoms with Crippen LogP contribution in [0.2, 0.25) is 5.02 Å². The van der Waals surface area contributed by atoms with E-state index >= 15 is 0 Å². The van der Waals surface area contributed by atoms with E-state index in [2.05, 4.69) is 30.5 Å². The Hall–Kier alpha value is -3.78. The van der Waals surface area contributed by atoms with E-state index in [1.54, 1.807) is 21.9 Å². The van der Waals surface area contributed by atoms with Gasteiger partial charge in [-0.15, -0.1) is 0 Å². The van der Waals surface area contributed by atoms with E-state index < -0.39 is 0 Å². The average Bonchev–Trinajstić information content (AvgIpc) is 3.42. The maximum Gasteiger partial charge on any atom is 0.168 e. The lowest BCUT2D eigenvalue weighted by Crippen LogP contribution is -2.05. The molecule has 5 aromatic rings. The Balaban J connectivity index is 1.42. The molecular formula is C21H17ClN8. The number of hydrogen-bond acceptors (Lipinski definition) is 6. The molecule has 30 heavy (non-hydrogen) atoms. The Labute approximate surface area is 177 Å². The summed E-state index contributed by atoms with van der Waals surface area (Å²) in [6, 6.07) is 15.6. The van der Waals surface area contributed by atoms with Gasteiger partial charge in [0, 0.05) is 11.6 Å². The third-order valence-corrected chi connectivity index (χ3v) is 4.91. The SMILES string of the molecule is Cc1nc(NCc2ccc(-n3cncn3)cc2)c2cnn(-c3cccc(Cl)c3)c2n1. The molecule has 0 bridgehead atoms. The number of halogens is 1. The van der Waals surface area contributed by atoms with Crippen LogP contribution in [-0.4, -0.2) is 34.5 Å². The Morgan fingerprint density at radius 3 is 2.63 bits per heavy atom. The fourth-order valence-corrected chi connectivity index (χ4v) is 3.43. The molecule has 0 saturated carbocycles. The van der Waals surface area contributed by atoms with Crippen molar-refractivity contribution in [1.82, 2.24) is 34.5 Å². The second kappa shape index (κ2) is 7.57. The van der Waals surface area contributed by atoms with Crippen molar-refractivity contribution in [3.8, 4) is 11.4 Å². The van der Waals surface area contributed by atoms with Crippen LogP contribution in [0.25, 0.3) is 22.4 Å². The van der Waals surface area contributed by atoms with Crippen LogP contribution in [0.15, 0.2) is 67.4 Å². The minimum absolute atomic E-state index is 0.617. The van der Waals surface area contributed by atoms with Crippen molar-refractivity contribution in [2.45, 2.75) is 13.5 Å². The Bertz CT molecular complexity index is 1310. The molecule has 1 N–H and O–H groups in total. The summed E-state index contributed by atoms with van der Waals surface area (Å²) >= 11 is 6.14. The number of hydrogen-bond donors (Lipinski definition) is 1. The van der Waals surface area contributed by atoms with Crippen LogP contribution in [0, 0.1) is 6.92 Å². The zero-order valence-electron chi connectivity index (χ0n) is 16.1. The molecule has 0 atom stereocenters. The second-order valence-electron chi connectivity index (χ2n) is 6.75. The number of aryl methyl sites for hydroxylation is 1. The molecule has 2 aromatic carbocycles. The molecule has 5 rings (SSSR count). The summed E-state index contributed by atoms with van der Waals surface area (Å²) in [5.41, 5.74) is 3.66. The van der Waals surface area contributed by atoms with Gasteiger partial charge in [-0.3, -0.25) is 0 Å². The zero-order valence-corrected chi connectivity index (χ0v) is 16.8. The summed E-state index contributed by atoms with van der Waals surface area (Å²) in [7, 11) is 0. The first-order chi connectivity index (χ1) is 14.7. The number of aromatic nitrogens is 7. The van der Waals surface area contributed by atoms with Crippen molar-refractivity contribution in [1.29, 1.82) is 0 Å². The first-order valence-corrected chi connectivity index (χ1v) is 9.71. The highest BCUT2D eigenvalue weighted by molar-refractivity contribution is 6.30. The average molecular weight is 417 g/mol. The first kappa shape index (κ1) is 18.3. The summed E-state index contributed by atoms with van der Waals surface area (Å²) in [6.07, 6.45) is 4.96. The summed E-state index contributed by atoms with van der Waals surface area (Å²) in [5.74, 6) is 1.40. The topological polar surface area (TPSA) is 86.3 Å². The molecule has 0 spiro atoms. The van der Waals surface area contributed by atoms with Gasteiger partial charge in [0.25, 0.3) is 0 Å².